The zero-order chi connectivity index (χ0) is 9.84. The Bertz CT molecular complexity index is 390. The predicted molar refractivity (Wildman–Crippen MR) is 54.6 cm³/mol. The summed E-state index contributed by atoms with van der Waals surface area (Å²) < 4.78 is 2.05. The SMILES string of the molecule is CC.Cc1nc2cnccc2n1C. The fraction of sp³-hybridized carbons (Fsp3) is 0.400. The van der Waals surface area contributed by atoms with Crippen LogP contribution in [0.4, 0.5) is 0 Å². The Kier molecular flexibility index (Phi) is 3.01. The second kappa shape index (κ2) is 4.03. The second-order valence-corrected chi connectivity index (χ2v) is 2.58. The fourth-order valence-electron chi connectivity index (χ4n) is 1.17. The van der Waals surface area contributed by atoms with Crippen molar-refractivity contribution in [2.45, 2.75) is 20.8 Å². The van der Waals surface area contributed by atoms with Gasteiger partial charge >= 0.3 is 0 Å². The van der Waals surface area contributed by atoms with Crippen molar-refractivity contribution in [3.8, 4) is 0 Å². The first-order valence-electron chi connectivity index (χ1n) is 4.52. The molecule has 0 unspecified atom stereocenters. The van der Waals surface area contributed by atoms with Gasteiger partial charge in [-0.15, -0.1) is 0 Å². The van der Waals surface area contributed by atoms with E-state index in [-0.39, 0.29) is 0 Å². The first-order chi connectivity index (χ1) is 6.29. The van der Waals surface area contributed by atoms with Gasteiger partial charge < -0.3 is 4.57 Å². The molecule has 0 saturated heterocycles. The highest BCUT2D eigenvalue weighted by Gasteiger charge is 2.00. The summed E-state index contributed by atoms with van der Waals surface area (Å²) in [7, 11) is 2.00. The molecule has 0 aliphatic heterocycles. The molecule has 3 nitrogen and oxygen atoms in total. The van der Waals surface area contributed by atoms with Crippen molar-refractivity contribution in [2.24, 2.45) is 7.05 Å². The van der Waals surface area contributed by atoms with Crippen LogP contribution < -0.4 is 0 Å². The number of aryl methyl sites for hydroxylation is 2. The van der Waals surface area contributed by atoms with E-state index in [1.165, 1.54) is 0 Å². The average Bonchev–Trinajstić information content (AvgIpc) is 2.47. The van der Waals surface area contributed by atoms with Gasteiger partial charge in [-0.25, -0.2) is 4.98 Å². The van der Waals surface area contributed by atoms with Crippen molar-refractivity contribution in [3.05, 3.63) is 24.3 Å². The Morgan fingerprint density at radius 3 is 2.62 bits per heavy atom. The lowest BCUT2D eigenvalue weighted by Crippen LogP contribution is -1.89. The molecule has 0 atom stereocenters. The van der Waals surface area contributed by atoms with Crippen LogP contribution in [0.2, 0.25) is 0 Å². The van der Waals surface area contributed by atoms with Gasteiger partial charge in [-0.1, -0.05) is 13.8 Å². The number of rotatable bonds is 0. The Morgan fingerprint density at radius 1 is 1.31 bits per heavy atom. The van der Waals surface area contributed by atoms with Gasteiger partial charge in [0.2, 0.25) is 0 Å². The normalized spacial score (nSPS) is 9.54. The number of imidazole rings is 1. The van der Waals surface area contributed by atoms with E-state index in [4.69, 9.17) is 0 Å². The topological polar surface area (TPSA) is 30.7 Å². The van der Waals surface area contributed by atoms with Gasteiger partial charge in [0.1, 0.15) is 11.3 Å². The second-order valence-electron chi connectivity index (χ2n) is 2.58. The fourth-order valence-corrected chi connectivity index (χ4v) is 1.17. The van der Waals surface area contributed by atoms with Gasteiger partial charge in [-0.05, 0) is 13.0 Å². The summed E-state index contributed by atoms with van der Waals surface area (Å²) in [6.45, 7) is 5.99. The van der Waals surface area contributed by atoms with Crippen molar-refractivity contribution in [1.82, 2.24) is 14.5 Å². The van der Waals surface area contributed by atoms with E-state index >= 15 is 0 Å². The average molecular weight is 177 g/mol. The molecule has 0 aromatic carbocycles. The van der Waals surface area contributed by atoms with Crippen LogP contribution in [0.15, 0.2) is 18.5 Å². The van der Waals surface area contributed by atoms with Crippen LogP contribution in [-0.4, -0.2) is 14.5 Å². The Hall–Kier alpha value is -1.38. The molecule has 2 rings (SSSR count). The van der Waals surface area contributed by atoms with E-state index in [0.717, 1.165) is 16.9 Å². The molecule has 2 heterocycles. The Balaban J connectivity index is 0.000000396. The van der Waals surface area contributed by atoms with Crippen LogP contribution in [0.1, 0.15) is 19.7 Å². The highest BCUT2D eigenvalue weighted by Crippen LogP contribution is 2.11. The minimum absolute atomic E-state index is 0.965. The lowest BCUT2D eigenvalue weighted by Gasteiger charge is -1.93. The molecule has 0 spiro atoms. The molecule has 0 amide bonds. The number of nitrogens with zero attached hydrogens (tertiary/aromatic N) is 3. The van der Waals surface area contributed by atoms with Crippen LogP contribution in [0.3, 0.4) is 0 Å². The summed E-state index contributed by atoms with van der Waals surface area (Å²) in [6.07, 6.45) is 3.56. The molecule has 0 aliphatic rings. The van der Waals surface area contributed by atoms with Crippen molar-refractivity contribution < 1.29 is 0 Å². The number of aromatic nitrogens is 3. The molecule has 2 aromatic heterocycles. The molecule has 0 fully saturated rings. The molecular formula is C10H15N3. The van der Waals surface area contributed by atoms with Gasteiger partial charge in [0.05, 0.1) is 11.7 Å². The monoisotopic (exact) mass is 177 g/mol. The van der Waals surface area contributed by atoms with E-state index in [2.05, 4.69) is 14.5 Å². The third kappa shape index (κ3) is 1.69. The van der Waals surface area contributed by atoms with E-state index in [1.807, 2.05) is 33.9 Å². The highest BCUT2D eigenvalue weighted by molar-refractivity contribution is 5.74. The van der Waals surface area contributed by atoms with Crippen molar-refractivity contribution in [3.63, 3.8) is 0 Å². The van der Waals surface area contributed by atoms with Crippen LogP contribution in [-0.2, 0) is 7.05 Å². The van der Waals surface area contributed by atoms with Crippen molar-refractivity contribution >= 4 is 11.0 Å². The van der Waals surface area contributed by atoms with Crippen LogP contribution in [0.25, 0.3) is 11.0 Å². The molecule has 0 N–H and O–H groups in total. The molecule has 0 radical (unpaired) electrons. The summed E-state index contributed by atoms with van der Waals surface area (Å²) in [5, 5.41) is 0. The van der Waals surface area contributed by atoms with E-state index < -0.39 is 0 Å². The highest BCUT2D eigenvalue weighted by atomic mass is 15.1. The van der Waals surface area contributed by atoms with Crippen molar-refractivity contribution in [1.29, 1.82) is 0 Å². The van der Waals surface area contributed by atoms with Crippen LogP contribution >= 0.6 is 0 Å². The largest absolute Gasteiger partial charge is 0.331 e. The maximum absolute atomic E-state index is 4.31. The predicted octanol–water partition coefficient (Wildman–Crippen LogP) is 2.30. The number of hydrogen-bond donors (Lipinski definition) is 0. The minimum Gasteiger partial charge on any atom is -0.331 e. The molecule has 2 aromatic rings. The summed E-state index contributed by atoms with van der Waals surface area (Å²) in [6, 6.07) is 1.97. The smallest absolute Gasteiger partial charge is 0.107 e. The van der Waals surface area contributed by atoms with Gasteiger partial charge in [0.25, 0.3) is 0 Å². The molecule has 13 heavy (non-hydrogen) atoms. The quantitative estimate of drug-likeness (QED) is 0.618. The van der Waals surface area contributed by atoms with Gasteiger partial charge in [0.15, 0.2) is 0 Å². The summed E-state index contributed by atoms with van der Waals surface area (Å²) in [5.74, 6) is 1.02. The zero-order valence-corrected chi connectivity index (χ0v) is 8.57. The lowest BCUT2D eigenvalue weighted by molar-refractivity contribution is 0.886. The maximum atomic E-state index is 4.31. The molecule has 3 heteroatoms. The molecular weight excluding hydrogens is 162 g/mol. The van der Waals surface area contributed by atoms with Crippen LogP contribution in [0, 0.1) is 6.92 Å². The molecule has 70 valence electrons. The van der Waals surface area contributed by atoms with E-state index in [9.17, 15) is 0 Å². The summed E-state index contributed by atoms with van der Waals surface area (Å²) in [5.41, 5.74) is 2.10. The Morgan fingerprint density at radius 2 is 2.00 bits per heavy atom. The molecule has 0 aliphatic carbocycles. The maximum Gasteiger partial charge on any atom is 0.107 e. The van der Waals surface area contributed by atoms with E-state index in [0.29, 0.717) is 0 Å². The number of pyridine rings is 1. The van der Waals surface area contributed by atoms with Gasteiger partial charge in [-0.2, -0.15) is 0 Å². The first-order valence-corrected chi connectivity index (χ1v) is 4.52. The van der Waals surface area contributed by atoms with Crippen molar-refractivity contribution in [2.75, 3.05) is 0 Å². The minimum atomic E-state index is 0.965. The standard InChI is InChI=1S/C8H9N3.C2H6/c1-6-10-7-5-9-4-3-8(7)11(6)2;1-2/h3-5H,1-2H3;1-2H3. The summed E-state index contributed by atoms with van der Waals surface area (Å²) in [4.78, 5) is 8.30. The van der Waals surface area contributed by atoms with Crippen LogP contribution in [0.5, 0.6) is 0 Å². The lowest BCUT2D eigenvalue weighted by atomic mass is 10.4. The molecule has 0 bridgehead atoms. The first kappa shape index (κ1) is 9.71. The Labute approximate surface area is 78.4 Å². The zero-order valence-electron chi connectivity index (χ0n) is 8.57. The third-order valence-corrected chi connectivity index (χ3v) is 1.91. The van der Waals surface area contributed by atoms with Gasteiger partial charge in [-0.3, -0.25) is 4.98 Å². The van der Waals surface area contributed by atoms with Gasteiger partial charge in [0, 0.05) is 13.2 Å². The number of hydrogen-bond acceptors (Lipinski definition) is 2. The summed E-state index contributed by atoms with van der Waals surface area (Å²) >= 11 is 0. The molecule has 0 saturated carbocycles. The third-order valence-electron chi connectivity index (χ3n) is 1.91. The number of fused-ring (bicyclic) bond motifs is 1. The van der Waals surface area contributed by atoms with E-state index in [1.54, 1.807) is 12.4 Å².